The second kappa shape index (κ2) is 6.76. The van der Waals surface area contributed by atoms with E-state index in [-0.39, 0.29) is 5.82 Å². The molecule has 0 bridgehead atoms. The van der Waals surface area contributed by atoms with Crippen molar-refractivity contribution in [2.45, 2.75) is 20.3 Å². The average Bonchev–Trinajstić information content (AvgIpc) is 2.49. The molecule has 0 saturated heterocycles. The molecule has 110 valence electrons. The Morgan fingerprint density at radius 2 is 2.14 bits per heavy atom. The first-order valence-corrected chi connectivity index (χ1v) is 7.34. The topological polar surface area (TPSA) is 52.1 Å². The molecule has 1 heterocycles. The summed E-state index contributed by atoms with van der Waals surface area (Å²) >= 11 is 3.35. The molecule has 0 amide bonds. The molecular formula is C15H14BrFN2O2. The van der Waals surface area contributed by atoms with Gasteiger partial charge in [0.25, 0.3) is 0 Å². The predicted octanol–water partition coefficient (Wildman–Crippen LogP) is 3.78. The molecule has 2 rings (SSSR count). The molecule has 21 heavy (non-hydrogen) atoms. The number of benzene rings is 1. The lowest BCUT2D eigenvalue weighted by molar-refractivity contribution is 0.0524. The third-order valence-corrected chi connectivity index (χ3v) is 3.56. The van der Waals surface area contributed by atoms with Crippen LogP contribution >= 0.6 is 15.9 Å². The van der Waals surface area contributed by atoms with E-state index in [1.807, 2.05) is 6.92 Å². The molecule has 0 N–H and O–H groups in total. The maximum atomic E-state index is 13.4. The Balaban J connectivity index is 2.48. The number of hydrogen-bond donors (Lipinski definition) is 0. The van der Waals surface area contributed by atoms with Crippen molar-refractivity contribution >= 4 is 21.9 Å². The van der Waals surface area contributed by atoms with E-state index in [1.54, 1.807) is 13.0 Å². The first-order valence-electron chi connectivity index (χ1n) is 6.55. The third kappa shape index (κ3) is 3.44. The Morgan fingerprint density at radius 1 is 1.38 bits per heavy atom. The van der Waals surface area contributed by atoms with Gasteiger partial charge in [0, 0.05) is 16.2 Å². The van der Waals surface area contributed by atoms with E-state index in [2.05, 4.69) is 25.9 Å². The number of esters is 1. The van der Waals surface area contributed by atoms with Gasteiger partial charge in [0.1, 0.15) is 5.82 Å². The SMILES string of the molecule is CCOC(=O)c1cnc(-c2cc(F)ccc2Br)nc1CC. The molecule has 0 unspecified atom stereocenters. The minimum Gasteiger partial charge on any atom is -0.462 e. The summed E-state index contributed by atoms with van der Waals surface area (Å²) in [5, 5.41) is 0. The van der Waals surface area contributed by atoms with E-state index < -0.39 is 5.97 Å². The van der Waals surface area contributed by atoms with Crippen molar-refractivity contribution in [3.05, 3.63) is 45.9 Å². The van der Waals surface area contributed by atoms with Crippen LogP contribution in [0.25, 0.3) is 11.4 Å². The highest BCUT2D eigenvalue weighted by Crippen LogP contribution is 2.27. The van der Waals surface area contributed by atoms with Crippen molar-refractivity contribution in [3.8, 4) is 11.4 Å². The molecule has 0 aliphatic carbocycles. The fourth-order valence-electron chi connectivity index (χ4n) is 1.86. The van der Waals surface area contributed by atoms with Gasteiger partial charge in [0.2, 0.25) is 0 Å². The summed E-state index contributed by atoms with van der Waals surface area (Å²) in [6, 6.07) is 4.29. The average molecular weight is 353 g/mol. The van der Waals surface area contributed by atoms with Crippen molar-refractivity contribution in [3.63, 3.8) is 0 Å². The zero-order valence-electron chi connectivity index (χ0n) is 11.7. The highest BCUT2D eigenvalue weighted by Gasteiger charge is 2.16. The lowest BCUT2D eigenvalue weighted by Gasteiger charge is -2.09. The van der Waals surface area contributed by atoms with Crippen LogP contribution in [-0.2, 0) is 11.2 Å². The third-order valence-electron chi connectivity index (χ3n) is 2.87. The van der Waals surface area contributed by atoms with Crippen LogP contribution in [0.4, 0.5) is 4.39 Å². The predicted molar refractivity (Wildman–Crippen MR) is 80.5 cm³/mol. The minimum atomic E-state index is -0.445. The molecular weight excluding hydrogens is 339 g/mol. The van der Waals surface area contributed by atoms with Gasteiger partial charge in [0.05, 0.1) is 17.9 Å². The Morgan fingerprint density at radius 3 is 2.81 bits per heavy atom. The van der Waals surface area contributed by atoms with Gasteiger partial charge in [0.15, 0.2) is 5.82 Å². The minimum absolute atomic E-state index is 0.291. The molecule has 4 nitrogen and oxygen atoms in total. The fraction of sp³-hybridized carbons (Fsp3) is 0.267. The summed E-state index contributed by atoms with van der Waals surface area (Å²) in [4.78, 5) is 20.3. The first-order chi connectivity index (χ1) is 10.1. The molecule has 0 fully saturated rings. The number of halogens is 2. The van der Waals surface area contributed by atoms with Crippen LogP contribution in [0.2, 0.25) is 0 Å². The van der Waals surface area contributed by atoms with E-state index in [9.17, 15) is 9.18 Å². The van der Waals surface area contributed by atoms with Crippen LogP contribution in [0.15, 0.2) is 28.9 Å². The summed E-state index contributed by atoms with van der Waals surface area (Å²) in [5.41, 5.74) is 1.46. The van der Waals surface area contributed by atoms with Crippen LogP contribution in [0.5, 0.6) is 0 Å². The maximum absolute atomic E-state index is 13.4. The van der Waals surface area contributed by atoms with E-state index in [0.717, 1.165) is 0 Å². The lowest BCUT2D eigenvalue weighted by Crippen LogP contribution is -2.11. The molecule has 0 aliphatic heterocycles. The molecule has 0 atom stereocenters. The lowest BCUT2D eigenvalue weighted by atomic mass is 10.1. The number of aromatic nitrogens is 2. The first kappa shape index (κ1) is 15.6. The van der Waals surface area contributed by atoms with Gasteiger partial charge in [-0.3, -0.25) is 0 Å². The zero-order chi connectivity index (χ0) is 15.4. The number of carbonyl (C=O) groups excluding carboxylic acids is 1. The van der Waals surface area contributed by atoms with Crippen LogP contribution < -0.4 is 0 Å². The van der Waals surface area contributed by atoms with Crippen LogP contribution in [0.1, 0.15) is 29.9 Å². The molecule has 1 aromatic heterocycles. The number of rotatable bonds is 4. The quantitative estimate of drug-likeness (QED) is 0.785. The van der Waals surface area contributed by atoms with Gasteiger partial charge < -0.3 is 4.74 Å². The number of hydrogen-bond acceptors (Lipinski definition) is 4. The molecule has 0 aliphatic rings. The molecule has 0 radical (unpaired) electrons. The summed E-state index contributed by atoms with van der Waals surface area (Å²) < 4.78 is 19.0. The van der Waals surface area contributed by atoms with Crippen LogP contribution in [0.3, 0.4) is 0 Å². The fourth-order valence-corrected chi connectivity index (χ4v) is 2.29. The second-order valence-corrected chi connectivity index (χ2v) is 5.11. The Kier molecular flexibility index (Phi) is 5.01. The van der Waals surface area contributed by atoms with Crippen molar-refractivity contribution in [2.24, 2.45) is 0 Å². The van der Waals surface area contributed by atoms with Gasteiger partial charge in [-0.2, -0.15) is 0 Å². The Labute approximate surface area is 130 Å². The van der Waals surface area contributed by atoms with Crippen molar-refractivity contribution < 1.29 is 13.9 Å². The van der Waals surface area contributed by atoms with Crippen LogP contribution in [0, 0.1) is 5.82 Å². The van der Waals surface area contributed by atoms with E-state index >= 15 is 0 Å². The van der Waals surface area contributed by atoms with E-state index in [0.29, 0.717) is 40.1 Å². The second-order valence-electron chi connectivity index (χ2n) is 4.25. The maximum Gasteiger partial charge on any atom is 0.341 e. The molecule has 2 aromatic rings. The van der Waals surface area contributed by atoms with Gasteiger partial charge >= 0.3 is 5.97 Å². The number of carbonyl (C=O) groups is 1. The van der Waals surface area contributed by atoms with Gasteiger partial charge in [-0.15, -0.1) is 0 Å². The molecule has 0 saturated carbocycles. The molecule has 1 aromatic carbocycles. The van der Waals surface area contributed by atoms with Gasteiger partial charge in [-0.1, -0.05) is 22.9 Å². The monoisotopic (exact) mass is 352 g/mol. The largest absolute Gasteiger partial charge is 0.462 e. The van der Waals surface area contributed by atoms with E-state index in [1.165, 1.54) is 18.3 Å². The molecule has 6 heteroatoms. The normalized spacial score (nSPS) is 10.5. The van der Waals surface area contributed by atoms with Crippen molar-refractivity contribution in [1.29, 1.82) is 0 Å². The number of nitrogens with zero attached hydrogens (tertiary/aromatic N) is 2. The highest BCUT2D eigenvalue weighted by atomic mass is 79.9. The molecule has 0 spiro atoms. The standard InChI is InChI=1S/C15H14BrFN2O2/c1-3-13-11(15(20)21-4-2)8-18-14(19-13)10-7-9(17)5-6-12(10)16/h5-8H,3-4H2,1-2H3. The number of ether oxygens (including phenoxy) is 1. The zero-order valence-corrected chi connectivity index (χ0v) is 13.3. The van der Waals surface area contributed by atoms with Gasteiger partial charge in [-0.25, -0.2) is 19.2 Å². The smallest absolute Gasteiger partial charge is 0.341 e. The summed E-state index contributed by atoms with van der Waals surface area (Å²) in [7, 11) is 0. The van der Waals surface area contributed by atoms with Crippen molar-refractivity contribution in [2.75, 3.05) is 6.61 Å². The Bertz CT molecular complexity index is 677. The number of aryl methyl sites for hydroxylation is 1. The Hall–Kier alpha value is -1.82. The van der Waals surface area contributed by atoms with Crippen LogP contribution in [-0.4, -0.2) is 22.5 Å². The summed E-state index contributed by atoms with van der Waals surface area (Å²) in [6.45, 7) is 3.91. The summed E-state index contributed by atoms with van der Waals surface area (Å²) in [5.74, 6) is -0.449. The van der Waals surface area contributed by atoms with E-state index in [4.69, 9.17) is 4.74 Å². The highest BCUT2D eigenvalue weighted by molar-refractivity contribution is 9.10. The van der Waals surface area contributed by atoms with Gasteiger partial charge in [-0.05, 0) is 31.5 Å². The summed E-state index contributed by atoms with van der Waals surface area (Å²) in [6.07, 6.45) is 1.98. The van der Waals surface area contributed by atoms with Crippen molar-refractivity contribution in [1.82, 2.24) is 9.97 Å².